The molecular formula is C8H10N2O4S. The van der Waals surface area contributed by atoms with Gasteiger partial charge in [0.2, 0.25) is 10.0 Å². The molecular weight excluding hydrogens is 220 g/mol. The van der Waals surface area contributed by atoms with Crippen molar-refractivity contribution in [3.63, 3.8) is 0 Å². The van der Waals surface area contributed by atoms with Gasteiger partial charge < -0.3 is 10.8 Å². The largest absolute Gasteiger partial charge is 0.478 e. The number of benzene rings is 1. The van der Waals surface area contributed by atoms with E-state index >= 15 is 0 Å². The number of carbonyl (C=O) groups is 1. The Morgan fingerprint density at radius 2 is 2.00 bits per heavy atom. The summed E-state index contributed by atoms with van der Waals surface area (Å²) in [5.41, 5.74) is 5.46. The molecule has 0 radical (unpaired) electrons. The fourth-order valence-electron chi connectivity index (χ4n) is 1.12. The molecule has 7 heteroatoms. The Labute approximate surface area is 86.6 Å². The second-order valence-electron chi connectivity index (χ2n) is 2.88. The number of nitrogens with two attached hydrogens (primary N) is 2. The summed E-state index contributed by atoms with van der Waals surface area (Å²) in [6.07, 6.45) is 0. The van der Waals surface area contributed by atoms with Gasteiger partial charge in [0.1, 0.15) is 0 Å². The average molecular weight is 230 g/mol. The van der Waals surface area contributed by atoms with Crippen molar-refractivity contribution in [2.45, 2.75) is 11.4 Å². The molecule has 0 saturated heterocycles. The fourth-order valence-corrected chi connectivity index (χ4v) is 1.93. The summed E-state index contributed by atoms with van der Waals surface area (Å²) in [5, 5.41) is 13.6. The van der Waals surface area contributed by atoms with E-state index in [2.05, 4.69) is 0 Å². The van der Waals surface area contributed by atoms with Gasteiger partial charge in [0.15, 0.2) is 0 Å². The van der Waals surface area contributed by atoms with Crippen molar-refractivity contribution in [3.8, 4) is 0 Å². The highest BCUT2D eigenvalue weighted by molar-refractivity contribution is 7.89. The molecule has 0 aliphatic carbocycles. The SMILES string of the molecule is NCc1ccc(C(=O)O)cc1S(N)(=O)=O. The number of aromatic carboxylic acids is 1. The zero-order valence-electron chi connectivity index (χ0n) is 7.67. The minimum absolute atomic E-state index is 0.0222. The van der Waals surface area contributed by atoms with Gasteiger partial charge in [0.05, 0.1) is 10.5 Å². The van der Waals surface area contributed by atoms with Crippen LogP contribution in [-0.4, -0.2) is 19.5 Å². The Balaban J connectivity index is 3.46. The molecule has 82 valence electrons. The lowest BCUT2D eigenvalue weighted by Gasteiger charge is -2.06. The average Bonchev–Trinajstić information content (AvgIpc) is 2.15. The Morgan fingerprint density at radius 1 is 1.40 bits per heavy atom. The van der Waals surface area contributed by atoms with E-state index in [9.17, 15) is 13.2 Å². The molecule has 0 heterocycles. The quantitative estimate of drug-likeness (QED) is 0.645. The lowest BCUT2D eigenvalue weighted by atomic mass is 10.1. The fraction of sp³-hybridized carbons (Fsp3) is 0.125. The lowest BCUT2D eigenvalue weighted by molar-refractivity contribution is 0.0696. The number of primary sulfonamides is 1. The van der Waals surface area contributed by atoms with Crippen LogP contribution in [-0.2, 0) is 16.6 Å². The molecule has 0 spiro atoms. The van der Waals surface area contributed by atoms with Crippen LogP contribution in [0, 0.1) is 0 Å². The monoisotopic (exact) mass is 230 g/mol. The molecule has 15 heavy (non-hydrogen) atoms. The standard InChI is InChI=1S/C8H10N2O4S/c9-4-6-2-1-5(8(11)12)3-7(6)15(10,13)14/h1-3H,4,9H2,(H,11,12)(H2,10,13,14). The molecule has 0 atom stereocenters. The number of sulfonamides is 1. The smallest absolute Gasteiger partial charge is 0.335 e. The van der Waals surface area contributed by atoms with Crippen molar-refractivity contribution in [1.82, 2.24) is 0 Å². The number of rotatable bonds is 3. The molecule has 0 amide bonds. The first-order valence-corrected chi connectivity index (χ1v) is 5.50. The summed E-state index contributed by atoms with van der Waals surface area (Å²) >= 11 is 0. The molecule has 0 aliphatic rings. The third kappa shape index (κ3) is 2.52. The van der Waals surface area contributed by atoms with Crippen molar-refractivity contribution in [3.05, 3.63) is 29.3 Å². The van der Waals surface area contributed by atoms with Gasteiger partial charge in [-0.25, -0.2) is 18.4 Å². The van der Waals surface area contributed by atoms with Gasteiger partial charge in [-0.3, -0.25) is 0 Å². The molecule has 1 aromatic rings. The first-order valence-electron chi connectivity index (χ1n) is 3.95. The van der Waals surface area contributed by atoms with Crippen molar-refractivity contribution in [2.75, 3.05) is 0 Å². The maximum absolute atomic E-state index is 11.1. The molecule has 0 saturated carbocycles. The number of carboxylic acids is 1. The first kappa shape index (κ1) is 11.6. The molecule has 0 aliphatic heterocycles. The summed E-state index contributed by atoms with van der Waals surface area (Å²) in [7, 11) is -3.94. The highest BCUT2D eigenvalue weighted by Gasteiger charge is 2.15. The summed E-state index contributed by atoms with van der Waals surface area (Å²) < 4.78 is 22.2. The number of hydrogen-bond donors (Lipinski definition) is 3. The van der Waals surface area contributed by atoms with Crippen LogP contribution in [0.5, 0.6) is 0 Å². The zero-order valence-corrected chi connectivity index (χ0v) is 8.49. The van der Waals surface area contributed by atoms with Crippen LogP contribution in [0.4, 0.5) is 0 Å². The zero-order chi connectivity index (χ0) is 11.6. The molecule has 1 aromatic carbocycles. The highest BCUT2D eigenvalue weighted by Crippen LogP contribution is 2.16. The molecule has 5 N–H and O–H groups in total. The van der Waals surface area contributed by atoms with Crippen molar-refractivity contribution in [1.29, 1.82) is 0 Å². The van der Waals surface area contributed by atoms with Gasteiger partial charge in [0.25, 0.3) is 0 Å². The van der Waals surface area contributed by atoms with Crippen molar-refractivity contribution in [2.24, 2.45) is 10.9 Å². The minimum Gasteiger partial charge on any atom is -0.478 e. The van der Waals surface area contributed by atoms with E-state index in [0.717, 1.165) is 6.07 Å². The molecule has 0 unspecified atom stereocenters. The Hall–Kier alpha value is -1.44. The summed E-state index contributed by atoms with van der Waals surface area (Å²) in [5.74, 6) is -1.22. The van der Waals surface area contributed by atoms with Crippen LogP contribution in [0.2, 0.25) is 0 Å². The maximum atomic E-state index is 11.1. The molecule has 0 fully saturated rings. The van der Waals surface area contributed by atoms with E-state index < -0.39 is 16.0 Å². The lowest BCUT2D eigenvalue weighted by Crippen LogP contribution is -2.17. The van der Waals surface area contributed by atoms with Gasteiger partial charge in [-0.1, -0.05) is 6.07 Å². The van der Waals surface area contributed by atoms with E-state index in [1.54, 1.807) is 0 Å². The normalized spacial score (nSPS) is 11.3. The molecule has 0 aromatic heterocycles. The number of hydrogen-bond acceptors (Lipinski definition) is 4. The Bertz CT molecular complexity index is 495. The van der Waals surface area contributed by atoms with Gasteiger partial charge in [0, 0.05) is 6.54 Å². The van der Waals surface area contributed by atoms with Crippen LogP contribution in [0.25, 0.3) is 0 Å². The van der Waals surface area contributed by atoms with E-state index in [4.69, 9.17) is 16.0 Å². The minimum atomic E-state index is -3.94. The third-order valence-corrected chi connectivity index (χ3v) is 2.83. The van der Waals surface area contributed by atoms with Crippen LogP contribution in [0.1, 0.15) is 15.9 Å². The summed E-state index contributed by atoms with van der Waals surface area (Å²) in [6.45, 7) is -0.0222. The van der Waals surface area contributed by atoms with Crippen molar-refractivity contribution < 1.29 is 18.3 Å². The molecule has 0 bridgehead atoms. The van der Waals surface area contributed by atoms with Gasteiger partial charge in [-0.2, -0.15) is 0 Å². The van der Waals surface area contributed by atoms with E-state index in [0.29, 0.717) is 5.56 Å². The highest BCUT2D eigenvalue weighted by atomic mass is 32.2. The Kier molecular flexibility index (Phi) is 3.08. The second-order valence-corrected chi connectivity index (χ2v) is 4.41. The summed E-state index contributed by atoms with van der Waals surface area (Å²) in [6, 6.07) is 3.61. The second kappa shape index (κ2) is 3.97. The van der Waals surface area contributed by atoms with Crippen LogP contribution in [0.3, 0.4) is 0 Å². The maximum Gasteiger partial charge on any atom is 0.335 e. The van der Waals surface area contributed by atoms with Crippen molar-refractivity contribution >= 4 is 16.0 Å². The third-order valence-electron chi connectivity index (χ3n) is 1.84. The van der Waals surface area contributed by atoms with E-state index in [1.165, 1.54) is 12.1 Å². The predicted molar refractivity (Wildman–Crippen MR) is 52.7 cm³/mol. The van der Waals surface area contributed by atoms with E-state index in [1.807, 2.05) is 0 Å². The van der Waals surface area contributed by atoms with Gasteiger partial charge in [-0.15, -0.1) is 0 Å². The first-order chi connectivity index (χ1) is 6.86. The topological polar surface area (TPSA) is 123 Å². The summed E-state index contributed by atoms with van der Waals surface area (Å²) in [4.78, 5) is 10.4. The molecule has 1 rings (SSSR count). The van der Waals surface area contributed by atoms with Crippen LogP contribution >= 0.6 is 0 Å². The van der Waals surface area contributed by atoms with E-state index in [-0.39, 0.29) is 17.0 Å². The Morgan fingerprint density at radius 3 is 2.40 bits per heavy atom. The van der Waals surface area contributed by atoms with Gasteiger partial charge >= 0.3 is 5.97 Å². The molecule has 6 nitrogen and oxygen atoms in total. The van der Waals surface area contributed by atoms with Crippen LogP contribution < -0.4 is 10.9 Å². The van der Waals surface area contributed by atoms with Gasteiger partial charge in [-0.05, 0) is 17.7 Å². The number of carboxylic acid groups (broad SMARTS) is 1. The predicted octanol–water partition coefficient (Wildman–Crippen LogP) is -0.509. The van der Waals surface area contributed by atoms with Crippen LogP contribution in [0.15, 0.2) is 23.1 Å².